The number of methoxy groups -OCH3 is 1. The second kappa shape index (κ2) is 23.1. The fourth-order valence-corrected chi connectivity index (χ4v) is 9.24. The average molecular weight is 832 g/mol. The molecule has 1 heterocycles. The highest BCUT2D eigenvalue weighted by molar-refractivity contribution is 7.90. The number of nitrogens with zero attached hydrogens (tertiary/aromatic N) is 2. The predicted octanol–water partition coefficient (Wildman–Crippen LogP) is 12.5. The molecule has 0 aliphatic carbocycles. The summed E-state index contributed by atoms with van der Waals surface area (Å²) in [5.41, 5.74) is 3.39. The van der Waals surface area contributed by atoms with Gasteiger partial charge in [0.2, 0.25) is 5.91 Å². The van der Waals surface area contributed by atoms with Crippen LogP contribution in [0.25, 0.3) is 0 Å². The van der Waals surface area contributed by atoms with E-state index in [4.69, 9.17) is 19.2 Å². The van der Waals surface area contributed by atoms with Crippen LogP contribution in [-0.2, 0) is 27.7 Å². The zero-order valence-corrected chi connectivity index (χ0v) is 38.3. The van der Waals surface area contributed by atoms with Crippen molar-refractivity contribution in [2.45, 2.75) is 156 Å². The van der Waals surface area contributed by atoms with Gasteiger partial charge >= 0.3 is 0 Å². The van der Waals surface area contributed by atoms with Crippen LogP contribution < -0.4 is 19.5 Å². The van der Waals surface area contributed by atoms with Gasteiger partial charge in [-0.3, -0.25) is 9.10 Å². The van der Waals surface area contributed by atoms with E-state index < -0.39 is 15.9 Å². The van der Waals surface area contributed by atoms with Crippen LogP contribution in [0.2, 0.25) is 0 Å². The van der Waals surface area contributed by atoms with E-state index in [0.29, 0.717) is 30.2 Å². The Morgan fingerprint density at radius 2 is 1.25 bits per heavy atom. The third kappa shape index (κ3) is 16.2. The number of para-hydroxylation sites is 3. The molecule has 0 unspecified atom stereocenters. The van der Waals surface area contributed by atoms with Gasteiger partial charge in [0.05, 0.1) is 32.4 Å². The third-order valence-electron chi connectivity index (χ3n) is 10.3. The van der Waals surface area contributed by atoms with Gasteiger partial charge in [0, 0.05) is 13.0 Å². The summed E-state index contributed by atoms with van der Waals surface area (Å²) in [6, 6.07) is 18.6. The monoisotopic (exact) mass is 832 g/mol. The number of aliphatic imine (C=N–C) groups is 1. The number of sulfonamides is 1. The normalized spacial score (nSPS) is 13.8. The summed E-state index contributed by atoms with van der Waals surface area (Å²) in [5.74, 6) is 1.40. The number of rotatable bonds is 25. The molecule has 1 N–H and O–H groups in total. The van der Waals surface area contributed by atoms with E-state index >= 15 is 0 Å². The summed E-state index contributed by atoms with van der Waals surface area (Å²) in [6.45, 7) is 16.5. The molecule has 59 heavy (non-hydrogen) atoms. The maximum Gasteiger partial charge on any atom is 0.267 e. The molecule has 326 valence electrons. The van der Waals surface area contributed by atoms with Gasteiger partial charge in [-0.1, -0.05) is 143 Å². The molecule has 1 amide bonds. The molecule has 3 aromatic rings. The minimum Gasteiger partial charge on any atom is -0.495 e. The van der Waals surface area contributed by atoms with E-state index in [1.807, 2.05) is 6.07 Å². The number of carbonyl (C=O) groups excluding carboxylic acids is 1. The lowest BCUT2D eigenvalue weighted by atomic mass is 9.84. The minimum atomic E-state index is -4.08. The molecule has 4 rings (SSSR count). The molecule has 3 aromatic carbocycles. The highest BCUT2D eigenvalue weighted by atomic mass is 32.2. The highest BCUT2D eigenvalue weighted by Gasteiger charge is 2.36. The van der Waals surface area contributed by atoms with Crippen molar-refractivity contribution in [1.82, 2.24) is 4.31 Å². The van der Waals surface area contributed by atoms with Crippen LogP contribution in [0.1, 0.15) is 149 Å². The van der Waals surface area contributed by atoms with Crippen molar-refractivity contribution in [2.75, 3.05) is 32.2 Å². The first-order chi connectivity index (χ1) is 28.1. The molecule has 0 bridgehead atoms. The summed E-state index contributed by atoms with van der Waals surface area (Å²) in [4.78, 5) is 18.5. The SMILES string of the molecule is CCCCCCCCCCCCCCOc1cccc2c1N=C(CC(=O)Nc1ccccc1OC)N(CCCOc1cc(CC(C)(C)C)cc(CC(C)(C)C)c1)S2(=O)=O. The molecule has 0 atom stereocenters. The number of hydrogen-bond donors (Lipinski definition) is 1. The molecular formula is C49H73N3O6S. The lowest BCUT2D eigenvalue weighted by molar-refractivity contribution is -0.115. The Morgan fingerprint density at radius 1 is 0.695 bits per heavy atom. The number of fused-ring (bicyclic) bond motifs is 1. The molecule has 0 radical (unpaired) electrons. The first-order valence-electron chi connectivity index (χ1n) is 22.1. The van der Waals surface area contributed by atoms with Crippen molar-refractivity contribution in [2.24, 2.45) is 15.8 Å². The number of ether oxygens (including phenoxy) is 3. The number of amidine groups is 1. The number of benzene rings is 3. The number of hydrogen-bond acceptors (Lipinski definition) is 7. The van der Waals surface area contributed by atoms with E-state index in [-0.39, 0.29) is 46.8 Å². The lowest BCUT2D eigenvalue weighted by Gasteiger charge is -2.30. The summed E-state index contributed by atoms with van der Waals surface area (Å²) in [7, 11) is -2.54. The topological polar surface area (TPSA) is 107 Å². The Morgan fingerprint density at radius 3 is 1.85 bits per heavy atom. The van der Waals surface area contributed by atoms with Crippen molar-refractivity contribution in [3.8, 4) is 17.2 Å². The van der Waals surface area contributed by atoms with Crippen LogP contribution >= 0.6 is 0 Å². The molecule has 0 aromatic heterocycles. The molecule has 9 nitrogen and oxygen atoms in total. The summed E-state index contributed by atoms with van der Waals surface area (Å²) < 4.78 is 48.0. The van der Waals surface area contributed by atoms with Gasteiger partial charge in [0.15, 0.2) is 0 Å². The number of anilines is 1. The quantitative estimate of drug-likeness (QED) is 0.0852. The molecule has 0 spiro atoms. The predicted molar refractivity (Wildman–Crippen MR) is 243 cm³/mol. The van der Waals surface area contributed by atoms with Crippen LogP contribution in [0, 0.1) is 10.8 Å². The van der Waals surface area contributed by atoms with Crippen LogP contribution in [0.4, 0.5) is 11.4 Å². The second-order valence-electron chi connectivity index (χ2n) is 18.5. The zero-order chi connectivity index (χ0) is 42.9. The van der Waals surface area contributed by atoms with Crippen molar-refractivity contribution in [3.05, 3.63) is 71.8 Å². The van der Waals surface area contributed by atoms with E-state index in [9.17, 15) is 13.2 Å². The number of carbonyl (C=O) groups is 1. The van der Waals surface area contributed by atoms with Gasteiger partial charge in [-0.2, -0.15) is 0 Å². The molecule has 0 fully saturated rings. The lowest BCUT2D eigenvalue weighted by Crippen LogP contribution is -2.41. The molecule has 10 heteroatoms. The zero-order valence-electron chi connectivity index (χ0n) is 37.5. The van der Waals surface area contributed by atoms with E-state index in [1.54, 1.807) is 36.4 Å². The molecular weight excluding hydrogens is 759 g/mol. The number of nitrogens with one attached hydrogen (secondary N) is 1. The summed E-state index contributed by atoms with van der Waals surface area (Å²) in [5, 5.41) is 2.88. The van der Waals surface area contributed by atoms with Crippen LogP contribution in [0.3, 0.4) is 0 Å². The van der Waals surface area contributed by atoms with Crippen LogP contribution in [0.15, 0.2) is 70.6 Å². The largest absolute Gasteiger partial charge is 0.495 e. The van der Waals surface area contributed by atoms with Crippen LogP contribution in [0.5, 0.6) is 17.2 Å². The second-order valence-corrected chi connectivity index (χ2v) is 20.4. The summed E-state index contributed by atoms with van der Waals surface area (Å²) >= 11 is 0. The molecule has 1 aliphatic rings. The van der Waals surface area contributed by atoms with E-state index in [1.165, 1.54) is 80.3 Å². The van der Waals surface area contributed by atoms with E-state index in [0.717, 1.165) is 37.9 Å². The molecule has 0 saturated heterocycles. The maximum atomic E-state index is 14.4. The van der Waals surface area contributed by atoms with Crippen molar-refractivity contribution < 1.29 is 27.4 Å². The Bertz CT molecular complexity index is 1880. The van der Waals surface area contributed by atoms with Crippen molar-refractivity contribution in [3.63, 3.8) is 0 Å². The van der Waals surface area contributed by atoms with Gasteiger partial charge in [0.25, 0.3) is 10.0 Å². The van der Waals surface area contributed by atoms with Gasteiger partial charge in [0.1, 0.15) is 33.7 Å². The Hall–Kier alpha value is -4.05. The van der Waals surface area contributed by atoms with Crippen LogP contribution in [-0.4, -0.2) is 51.3 Å². The summed E-state index contributed by atoms with van der Waals surface area (Å²) in [6.07, 6.45) is 16.8. The Kier molecular flexibility index (Phi) is 18.6. The Labute approximate surface area is 356 Å². The highest BCUT2D eigenvalue weighted by Crippen LogP contribution is 2.40. The standard InChI is InChI=1S/C49H73N3O6S/c1-9-10-11-12-13-14-15-16-17-18-19-22-30-58-43-27-23-28-44-47(43)51-45(35-46(53)50-41-25-20-21-26-42(41)56-8)52(59(44,54)55)29-24-31-57-40-33-38(36-48(2,3)4)32-39(34-40)37-49(5,6)7/h20-21,23,25-28,32-34H,9-19,22,24,29-31,35-37H2,1-8H3,(H,50,53). The van der Waals surface area contributed by atoms with Crippen molar-refractivity contribution >= 4 is 33.1 Å². The molecule has 0 saturated carbocycles. The number of amides is 1. The third-order valence-corrected chi connectivity index (χ3v) is 12.1. The minimum absolute atomic E-state index is 0.0706. The van der Waals surface area contributed by atoms with Gasteiger partial charge in [-0.05, 0) is 77.6 Å². The maximum absolute atomic E-state index is 14.4. The fourth-order valence-electron chi connectivity index (χ4n) is 7.61. The first-order valence-corrected chi connectivity index (χ1v) is 23.6. The number of unbranched alkanes of at least 4 members (excludes halogenated alkanes) is 11. The van der Waals surface area contributed by atoms with Gasteiger partial charge in [-0.15, -0.1) is 0 Å². The Balaban J connectivity index is 1.45. The van der Waals surface area contributed by atoms with Gasteiger partial charge in [-0.25, -0.2) is 13.4 Å². The first kappa shape index (κ1) is 47.6. The smallest absolute Gasteiger partial charge is 0.267 e. The van der Waals surface area contributed by atoms with E-state index in [2.05, 4.69) is 72.0 Å². The van der Waals surface area contributed by atoms with Gasteiger partial charge < -0.3 is 19.5 Å². The fraction of sp³-hybridized carbons (Fsp3) is 0.592. The molecule has 1 aliphatic heterocycles. The average Bonchev–Trinajstić information content (AvgIpc) is 3.15. The van der Waals surface area contributed by atoms with Crippen molar-refractivity contribution in [1.29, 1.82) is 0 Å².